The van der Waals surface area contributed by atoms with Crippen LogP contribution in [0.3, 0.4) is 0 Å². The molecule has 0 aliphatic heterocycles. The van der Waals surface area contributed by atoms with Crippen molar-refractivity contribution in [3.63, 3.8) is 0 Å². The van der Waals surface area contributed by atoms with Crippen LogP contribution in [0.25, 0.3) is 0 Å². The van der Waals surface area contributed by atoms with Gasteiger partial charge >= 0.3 is 0 Å². The highest BCUT2D eigenvalue weighted by Gasteiger charge is 2.14. The van der Waals surface area contributed by atoms with Gasteiger partial charge in [-0.15, -0.1) is 6.58 Å². The van der Waals surface area contributed by atoms with Crippen LogP contribution < -0.4 is 9.88 Å². The molecule has 5 heteroatoms. The molecule has 0 heterocycles. The summed E-state index contributed by atoms with van der Waals surface area (Å²) in [5, 5.41) is 5.14. The third-order valence-electron chi connectivity index (χ3n) is 2.74. The molecule has 19 heavy (non-hydrogen) atoms. The second kappa shape index (κ2) is 6.73. The van der Waals surface area contributed by atoms with Crippen LogP contribution in [0.5, 0.6) is 5.75 Å². The Bertz CT molecular complexity index is 536. The number of hydrogen-bond acceptors (Lipinski definition) is 3. The number of allylic oxidation sites excluding steroid dienone is 1. The summed E-state index contributed by atoms with van der Waals surface area (Å²) in [5.41, 5.74) is 0.852. The number of nitrogens with two attached hydrogens (primary N) is 1. The van der Waals surface area contributed by atoms with Gasteiger partial charge in [0.2, 0.25) is 10.0 Å². The van der Waals surface area contributed by atoms with Gasteiger partial charge in [0.15, 0.2) is 0 Å². The number of hydrogen-bond donors (Lipinski definition) is 1. The minimum atomic E-state index is -3.67. The fourth-order valence-corrected chi connectivity index (χ4v) is 2.24. The van der Waals surface area contributed by atoms with E-state index in [0.29, 0.717) is 12.4 Å². The lowest BCUT2D eigenvalue weighted by Crippen LogP contribution is -2.13. The monoisotopic (exact) mass is 283 g/mol. The Hall–Kier alpha value is -1.33. The van der Waals surface area contributed by atoms with Crippen molar-refractivity contribution in [3.05, 3.63) is 36.4 Å². The van der Waals surface area contributed by atoms with E-state index >= 15 is 0 Å². The van der Waals surface area contributed by atoms with Gasteiger partial charge in [0, 0.05) is 0 Å². The smallest absolute Gasteiger partial charge is 0.238 e. The maximum absolute atomic E-state index is 11.3. The third kappa shape index (κ3) is 4.69. The van der Waals surface area contributed by atoms with Crippen LogP contribution in [-0.2, 0) is 10.0 Å². The van der Waals surface area contributed by atoms with Crippen LogP contribution in [0.2, 0.25) is 0 Å². The van der Waals surface area contributed by atoms with Crippen LogP contribution in [-0.4, -0.2) is 15.0 Å². The highest BCUT2D eigenvalue weighted by Crippen LogP contribution is 2.29. The van der Waals surface area contributed by atoms with Crippen LogP contribution in [0.4, 0.5) is 0 Å². The highest BCUT2D eigenvalue weighted by molar-refractivity contribution is 7.89. The fourth-order valence-electron chi connectivity index (χ4n) is 1.70. The minimum Gasteiger partial charge on any atom is -0.493 e. The van der Waals surface area contributed by atoms with E-state index in [0.717, 1.165) is 18.4 Å². The maximum atomic E-state index is 11.3. The molecule has 0 atom stereocenters. The molecule has 0 saturated heterocycles. The van der Waals surface area contributed by atoms with Gasteiger partial charge in [-0.05, 0) is 42.5 Å². The quantitative estimate of drug-likeness (QED) is 0.618. The lowest BCUT2D eigenvalue weighted by Gasteiger charge is -2.15. The van der Waals surface area contributed by atoms with E-state index in [2.05, 4.69) is 6.58 Å². The van der Waals surface area contributed by atoms with E-state index in [1.54, 1.807) is 12.1 Å². The molecule has 1 aromatic carbocycles. The second-order valence-corrected chi connectivity index (χ2v) is 6.24. The van der Waals surface area contributed by atoms with Gasteiger partial charge in [-0.3, -0.25) is 0 Å². The molecule has 0 spiro atoms. The summed E-state index contributed by atoms with van der Waals surface area (Å²) >= 11 is 0. The molecule has 0 aliphatic carbocycles. The minimum absolute atomic E-state index is 0.120. The first-order chi connectivity index (χ1) is 8.86. The van der Waals surface area contributed by atoms with Crippen molar-refractivity contribution in [3.8, 4) is 5.75 Å². The van der Waals surface area contributed by atoms with Crippen molar-refractivity contribution < 1.29 is 13.2 Å². The molecule has 4 nitrogen and oxygen atoms in total. The van der Waals surface area contributed by atoms with Gasteiger partial charge in [0.05, 0.1) is 11.5 Å². The van der Waals surface area contributed by atoms with Crippen LogP contribution in [0, 0.1) is 0 Å². The van der Waals surface area contributed by atoms with Crippen molar-refractivity contribution in [2.45, 2.75) is 37.5 Å². The van der Waals surface area contributed by atoms with E-state index < -0.39 is 10.0 Å². The van der Waals surface area contributed by atoms with Gasteiger partial charge in [-0.2, -0.15) is 0 Å². The Labute approximate surface area is 115 Å². The standard InChI is InChI=1S/C14H21NO3S/c1-4-5-6-9-18-14-8-7-12(19(15,16)17)10-13(14)11(2)3/h4,7-8,10-11H,1,5-6,9H2,2-3H3,(H2,15,16,17). The summed E-state index contributed by atoms with van der Waals surface area (Å²) in [4.78, 5) is 0.120. The van der Waals surface area contributed by atoms with Gasteiger partial charge in [-0.25, -0.2) is 13.6 Å². The van der Waals surface area contributed by atoms with Gasteiger partial charge in [0.1, 0.15) is 5.75 Å². The molecule has 0 fully saturated rings. The zero-order valence-electron chi connectivity index (χ0n) is 11.4. The summed E-state index contributed by atoms with van der Waals surface area (Å²) in [5.74, 6) is 0.877. The number of rotatable bonds is 7. The van der Waals surface area contributed by atoms with E-state index in [9.17, 15) is 8.42 Å². The van der Waals surface area contributed by atoms with Crippen LogP contribution in [0.15, 0.2) is 35.7 Å². The zero-order chi connectivity index (χ0) is 14.5. The number of ether oxygens (including phenoxy) is 1. The first-order valence-corrected chi connectivity index (χ1v) is 7.81. The highest BCUT2D eigenvalue weighted by atomic mass is 32.2. The summed E-state index contributed by atoms with van der Waals surface area (Å²) in [6, 6.07) is 4.73. The Balaban J connectivity index is 2.95. The van der Waals surface area contributed by atoms with E-state index in [-0.39, 0.29) is 10.8 Å². The van der Waals surface area contributed by atoms with Crippen LogP contribution in [0.1, 0.15) is 38.2 Å². The number of sulfonamides is 1. The number of unbranched alkanes of at least 4 members (excludes halogenated alkanes) is 1. The topological polar surface area (TPSA) is 69.4 Å². The Morgan fingerprint density at radius 1 is 1.42 bits per heavy atom. The van der Waals surface area contributed by atoms with Crippen molar-refractivity contribution in [2.75, 3.05) is 6.61 Å². The van der Waals surface area contributed by atoms with Crippen molar-refractivity contribution in [1.29, 1.82) is 0 Å². The Morgan fingerprint density at radius 3 is 2.63 bits per heavy atom. The summed E-state index contributed by atoms with van der Waals surface area (Å²) in [6.45, 7) is 8.21. The Morgan fingerprint density at radius 2 is 2.11 bits per heavy atom. The molecular formula is C14H21NO3S. The molecular weight excluding hydrogens is 262 g/mol. The lowest BCUT2D eigenvalue weighted by atomic mass is 10.0. The third-order valence-corrected chi connectivity index (χ3v) is 3.65. The van der Waals surface area contributed by atoms with Gasteiger partial charge in [-0.1, -0.05) is 19.9 Å². The van der Waals surface area contributed by atoms with Gasteiger partial charge in [0.25, 0.3) is 0 Å². The van der Waals surface area contributed by atoms with Crippen molar-refractivity contribution in [2.24, 2.45) is 5.14 Å². The number of primary sulfonamides is 1. The van der Waals surface area contributed by atoms with E-state index in [4.69, 9.17) is 9.88 Å². The van der Waals surface area contributed by atoms with E-state index in [1.807, 2.05) is 19.9 Å². The summed E-state index contributed by atoms with van der Waals surface area (Å²) in [7, 11) is -3.67. The maximum Gasteiger partial charge on any atom is 0.238 e. The number of benzene rings is 1. The predicted octanol–water partition coefficient (Wildman–Crippen LogP) is 2.80. The summed E-state index contributed by atoms with van der Waals surface area (Å²) < 4.78 is 28.4. The molecule has 0 bridgehead atoms. The normalized spacial score (nSPS) is 11.6. The lowest BCUT2D eigenvalue weighted by molar-refractivity contribution is 0.307. The zero-order valence-corrected chi connectivity index (χ0v) is 12.2. The second-order valence-electron chi connectivity index (χ2n) is 4.68. The fraction of sp³-hybridized carbons (Fsp3) is 0.429. The predicted molar refractivity (Wildman–Crippen MR) is 76.8 cm³/mol. The Kier molecular flexibility index (Phi) is 5.57. The van der Waals surface area contributed by atoms with Crippen LogP contribution >= 0.6 is 0 Å². The van der Waals surface area contributed by atoms with Gasteiger partial charge < -0.3 is 4.74 Å². The molecule has 0 saturated carbocycles. The molecule has 0 amide bonds. The summed E-state index contributed by atoms with van der Waals surface area (Å²) in [6.07, 6.45) is 3.63. The molecule has 1 rings (SSSR count). The SMILES string of the molecule is C=CCCCOc1ccc(S(N)(=O)=O)cc1C(C)C. The van der Waals surface area contributed by atoms with E-state index in [1.165, 1.54) is 6.07 Å². The molecule has 0 radical (unpaired) electrons. The molecule has 1 aromatic rings. The average Bonchev–Trinajstić information content (AvgIpc) is 2.33. The average molecular weight is 283 g/mol. The molecule has 106 valence electrons. The molecule has 2 N–H and O–H groups in total. The molecule has 0 aromatic heterocycles. The first kappa shape index (κ1) is 15.7. The van der Waals surface area contributed by atoms with Crippen molar-refractivity contribution in [1.82, 2.24) is 0 Å². The largest absolute Gasteiger partial charge is 0.493 e. The molecule has 0 unspecified atom stereocenters. The molecule has 0 aliphatic rings. The van der Waals surface area contributed by atoms with Crippen molar-refractivity contribution >= 4 is 10.0 Å². The first-order valence-electron chi connectivity index (χ1n) is 6.26.